The maximum atomic E-state index is 12.6. The number of thioether (sulfide) groups is 2. The molecule has 2 aliphatic heterocycles. The molecule has 0 spiro atoms. The first-order valence-electron chi connectivity index (χ1n) is 7.09. The summed E-state index contributed by atoms with van der Waals surface area (Å²) in [5.41, 5.74) is 1.91. The van der Waals surface area contributed by atoms with Gasteiger partial charge in [0.05, 0.1) is 19.8 Å². The molecule has 0 bridgehead atoms. The lowest BCUT2D eigenvalue weighted by Crippen LogP contribution is -2.41. The van der Waals surface area contributed by atoms with E-state index in [1.54, 1.807) is 23.5 Å². The zero-order valence-corrected chi connectivity index (χ0v) is 13.4. The van der Waals surface area contributed by atoms with Crippen molar-refractivity contribution in [1.82, 2.24) is 4.90 Å². The predicted molar refractivity (Wildman–Crippen MR) is 89.2 cm³/mol. The number of nitrogens with zero attached hydrogens (tertiary/aromatic N) is 2. The molecule has 0 atom stereocenters. The molecule has 0 aliphatic carbocycles. The second-order valence-electron chi connectivity index (χ2n) is 4.85. The Hall–Kier alpha value is -0.980. The Morgan fingerprint density at radius 1 is 1.33 bits per heavy atom. The number of hydrogen-bond donors (Lipinski definition) is 0. The van der Waals surface area contributed by atoms with Gasteiger partial charge in [-0.25, -0.2) is 0 Å². The van der Waals surface area contributed by atoms with Gasteiger partial charge in [-0.15, -0.1) is 0 Å². The van der Waals surface area contributed by atoms with Gasteiger partial charge in [-0.3, -0.25) is 9.79 Å². The second kappa shape index (κ2) is 7.33. The topological polar surface area (TPSA) is 41.9 Å². The van der Waals surface area contributed by atoms with E-state index in [0.717, 1.165) is 33.6 Å². The molecule has 2 heterocycles. The van der Waals surface area contributed by atoms with Crippen LogP contribution in [0.5, 0.6) is 0 Å². The largest absolute Gasteiger partial charge is 0.378 e. The van der Waals surface area contributed by atoms with Crippen LogP contribution in [0.3, 0.4) is 0 Å². The summed E-state index contributed by atoms with van der Waals surface area (Å²) in [6, 6.07) is 7.90. The maximum absolute atomic E-state index is 12.6. The SMILES string of the molecule is O=C(c1ccccc1CSC1=NCCS1)N1CCOCC1. The highest BCUT2D eigenvalue weighted by molar-refractivity contribution is 8.38. The van der Waals surface area contributed by atoms with Crippen molar-refractivity contribution in [2.45, 2.75) is 5.75 Å². The molecule has 1 saturated heterocycles. The summed E-state index contributed by atoms with van der Waals surface area (Å²) in [5.74, 6) is 2.00. The molecule has 0 saturated carbocycles. The molecule has 3 rings (SSSR count). The van der Waals surface area contributed by atoms with Gasteiger partial charge in [0.2, 0.25) is 0 Å². The van der Waals surface area contributed by atoms with E-state index in [1.165, 1.54) is 0 Å². The normalized spacial score (nSPS) is 18.7. The van der Waals surface area contributed by atoms with Crippen molar-refractivity contribution in [3.63, 3.8) is 0 Å². The number of ether oxygens (including phenoxy) is 1. The lowest BCUT2D eigenvalue weighted by Gasteiger charge is -2.27. The maximum Gasteiger partial charge on any atom is 0.254 e. The van der Waals surface area contributed by atoms with Crippen molar-refractivity contribution in [1.29, 1.82) is 0 Å². The molecule has 0 unspecified atom stereocenters. The van der Waals surface area contributed by atoms with Crippen molar-refractivity contribution in [3.05, 3.63) is 35.4 Å². The molecule has 6 heteroatoms. The molecule has 1 amide bonds. The minimum atomic E-state index is 0.121. The Balaban J connectivity index is 1.70. The Bertz CT molecular complexity index is 542. The van der Waals surface area contributed by atoms with E-state index in [-0.39, 0.29) is 5.91 Å². The summed E-state index contributed by atoms with van der Waals surface area (Å²) in [7, 11) is 0. The number of hydrogen-bond acceptors (Lipinski definition) is 5. The van der Waals surface area contributed by atoms with Crippen LogP contribution in [0.1, 0.15) is 15.9 Å². The van der Waals surface area contributed by atoms with Crippen LogP contribution in [-0.2, 0) is 10.5 Å². The van der Waals surface area contributed by atoms with E-state index in [1.807, 2.05) is 29.2 Å². The summed E-state index contributed by atoms with van der Waals surface area (Å²) in [5, 5.41) is 0. The summed E-state index contributed by atoms with van der Waals surface area (Å²) in [6.45, 7) is 3.55. The van der Waals surface area contributed by atoms with Gasteiger partial charge in [0.25, 0.3) is 5.91 Å². The van der Waals surface area contributed by atoms with Crippen LogP contribution in [0.15, 0.2) is 29.3 Å². The van der Waals surface area contributed by atoms with Crippen LogP contribution in [0.2, 0.25) is 0 Å². The Labute approximate surface area is 133 Å². The van der Waals surface area contributed by atoms with E-state index >= 15 is 0 Å². The molecular weight excluding hydrogens is 304 g/mol. The highest BCUT2D eigenvalue weighted by Crippen LogP contribution is 2.27. The molecule has 2 aliphatic rings. The third-order valence-corrected chi connectivity index (χ3v) is 5.76. The number of amides is 1. The fraction of sp³-hybridized carbons (Fsp3) is 0.467. The lowest BCUT2D eigenvalue weighted by molar-refractivity contribution is 0.0302. The number of carbonyl (C=O) groups is 1. The molecule has 4 nitrogen and oxygen atoms in total. The van der Waals surface area contributed by atoms with Crippen LogP contribution < -0.4 is 0 Å². The zero-order valence-electron chi connectivity index (χ0n) is 11.8. The molecule has 112 valence electrons. The highest BCUT2D eigenvalue weighted by atomic mass is 32.2. The van der Waals surface area contributed by atoms with E-state index in [0.29, 0.717) is 26.3 Å². The van der Waals surface area contributed by atoms with Gasteiger partial charge in [-0.05, 0) is 11.6 Å². The third-order valence-electron chi connectivity index (χ3n) is 3.45. The fourth-order valence-electron chi connectivity index (χ4n) is 2.33. The van der Waals surface area contributed by atoms with Crippen molar-refractivity contribution in [2.24, 2.45) is 4.99 Å². The smallest absolute Gasteiger partial charge is 0.254 e. The monoisotopic (exact) mass is 322 g/mol. The van der Waals surface area contributed by atoms with Gasteiger partial charge >= 0.3 is 0 Å². The minimum absolute atomic E-state index is 0.121. The summed E-state index contributed by atoms with van der Waals surface area (Å²) in [4.78, 5) is 19.0. The van der Waals surface area contributed by atoms with Crippen LogP contribution in [0.25, 0.3) is 0 Å². The van der Waals surface area contributed by atoms with Crippen molar-refractivity contribution < 1.29 is 9.53 Å². The van der Waals surface area contributed by atoms with E-state index < -0.39 is 0 Å². The van der Waals surface area contributed by atoms with Gasteiger partial charge in [0.15, 0.2) is 0 Å². The molecule has 1 aromatic carbocycles. The van der Waals surface area contributed by atoms with Gasteiger partial charge in [0, 0.05) is 30.2 Å². The van der Waals surface area contributed by atoms with Crippen LogP contribution in [0.4, 0.5) is 0 Å². The summed E-state index contributed by atoms with van der Waals surface area (Å²) in [6.07, 6.45) is 0. The second-order valence-corrected chi connectivity index (χ2v) is 7.15. The Kier molecular flexibility index (Phi) is 5.22. The van der Waals surface area contributed by atoms with E-state index in [4.69, 9.17) is 4.74 Å². The number of benzene rings is 1. The average Bonchev–Trinajstić information content (AvgIpc) is 3.07. The molecule has 0 N–H and O–H groups in total. The number of carbonyl (C=O) groups excluding carboxylic acids is 1. The first-order valence-corrected chi connectivity index (χ1v) is 9.07. The van der Waals surface area contributed by atoms with Gasteiger partial charge < -0.3 is 9.64 Å². The number of aliphatic imine (C=N–C) groups is 1. The highest BCUT2D eigenvalue weighted by Gasteiger charge is 2.21. The zero-order chi connectivity index (χ0) is 14.5. The fourth-order valence-corrected chi connectivity index (χ4v) is 4.35. The van der Waals surface area contributed by atoms with Crippen molar-refractivity contribution >= 4 is 33.8 Å². The molecule has 0 radical (unpaired) electrons. The van der Waals surface area contributed by atoms with E-state index in [9.17, 15) is 4.79 Å². The Morgan fingerprint density at radius 2 is 2.14 bits per heavy atom. The first-order chi connectivity index (χ1) is 10.3. The van der Waals surface area contributed by atoms with Gasteiger partial charge in [0.1, 0.15) is 4.38 Å². The molecule has 1 fully saturated rings. The van der Waals surface area contributed by atoms with Crippen LogP contribution >= 0.6 is 23.5 Å². The predicted octanol–water partition coefficient (Wildman–Crippen LogP) is 2.50. The molecular formula is C15H18N2O2S2. The molecule has 21 heavy (non-hydrogen) atoms. The van der Waals surface area contributed by atoms with E-state index in [2.05, 4.69) is 4.99 Å². The summed E-state index contributed by atoms with van der Waals surface area (Å²) >= 11 is 3.54. The number of rotatable bonds is 3. The number of morpholine rings is 1. The van der Waals surface area contributed by atoms with Gasteiger partial charge in [-0.2, -0.15) is 0 Å². The standard InChI is InChI=1S/C15H18N2O2S2/c18-14(17-6-8-19-9-7-17)13-4-2-1-3-12(13)11-21-15-16-5-10-20-15/h1-4H,5-11H2. The minimum Gasteiger partial charge on any atom is -0.378 e. The van der Waals surface area contributed by atoms with Crippen molar-refractivity contribution in [2.75, 3.05) is 38.6 Å². The van der Waals surface area contributed by atoms with Crippen LogP contribution in [-0.4, -0.2) is 53.8 Å². The average molecular weight is 322 g/mol. The summed E-state index contributed by atoms with van der Waals surface area (Å²) < 4.78 is 6.46. The Morgan fingerprint density at radius 3 is 2.90 bits per heavy atom. The third kappa shape index (κ3) is 3.81. The van der Waals surface area contributed by atoms with Crippen molar-refractivity contribution in [3.8, 4) is 0 Å². The molecule has 1 aromatic rings. The lowest BCUT2D eigenvalue weighted by atomic mass is 10.1. The molecule has 0 aromatic heterocycles. The van der Waals surface area contributed by atoms with Crippen LogP contribution in [0, 0.1) is 0 Å². The first kappa shape index (κ1) is 14.9. The quantitative estimate of drug-likeness (QED) is 0.857. The van der Waals surface area contributed by atoms with Gasteiger partial charge in [-0.1, -0.05) is 41.7 Å².